The molecule has 0 saturated heterocycles. The number of aliphatic hydroxyl groups excluding tert-OH is 1. The van der Waals surface area contributed by atoms with E-state index >= 15 is 0 Å². The molecule has 1 aliphatic rings. The molecule has 1 atom stereocenters. The SMILES string of the molecule is CC(C)(C)OCC(O)c1ccc2c(c1)OCO2. The number of aliphatic hydroxyl groups is 1. The summed E-state index contributed by atoms with van der Waals surface area (Å²) in [5, 5.41) is 9.99. The van der Waals surface area contributed by atoms with Gasteiger partial charge in [-0.25, -0.2) is 0 Å². The lowest BCUT2D eigenvalue weighted by atomic mass is 10.1. The normalized spacial score (nSPS) is 16.0. The summed E-state index contributed by atoms with van der Waals surface area (Å²) in [6.45, 7) is 6.38. The van der Waals surface area contributed by atoms with Gasteiger partial charge in [-0.05, 0) is 38.5 Å². The van der Waals surface area contributed by atoms with Crippen molar-refractivity contribution in [1.29, 1.82) is 0 Å². The molecule has 17 heavy (non-hydrogen) atoms. The van der Waals surface area contributed by atoms with Crippen molar-refractivity contribution in [2.75, 3.05) is 13.4 Å². The molecule has 4 nitrogen and oxygen atoms in total. The lowest BCUT2D eigenvalue weighted by molar-refractivity contribution is -0.0496. The van der Waals surface area contributed by atoms with Crippen LogP contribution in [0.5, 0.6) is 11.5 Å². The molecule has 1 N–H and O–H groups in total. The predicted molar refractivity (Wildman–Crippen MR) is 63.2 cm³/mol. The first-order valence-corrected chi connectivity index (χ1v) is 5.67. The van der Waals surface area contributed by atoms with Crippen LogP contribution in [0.15, 0.2) is 18.2 Å². The number of fused-ring (bicyclic) bond motifs is 1. The molecule has 0 radical (unpaired) electrons. The molecule has 0 aliphatic carbocycles. The molecule has 0 fully saturated rings. The van der Waals surface area contributed by atoms with Crippen LogP contribution in [0.25, 0.3) is 0 Å². The second kappa shape index (κ2) is 4.55. The standard InChI is InChI=1S/C13H18O4/c1-13(2,3)17-7-10(14)9-4-5-11-12(6-9)16-8-15-11/h4-6,10,14H,7-8H2,1-3H3. The molecule has 0 amide bonds. The molecule has 1 aromatic rings. The lowest BCUT2D eigenvalue weighted by Gasteiger charge is -2.22. The Bertz CT molecular complexity index is 395. The van der Waals surface area contributed by atoms with Gasteiger partial charge in [-0.1, -0.05) is 6.07 Å². The summed E-state index contributed by atoms with van der Waals surface area (Å²) in [4.78, 5) is 0. The van der Waals surface area contributed by atoms with E-state index in [0.717, 1.165) is 11.3 Å². The van der Waals surface area contributed by atoms with Gasteiger partial charge < -0.3 is 19.3 Å². The summed E-state index contributed by atoms with van der Waals surface area (Å²) in [5.74, 6) is 1.40. The summed E-state index contributed by atoms with van der Waals surface area (Å²) >= 11 is 0. The first kappa shape index (κ1) is 12.2. The Kier molecular flexibility index (Phi) is 3.26. The fraction of sp³-hybridized carbons (Fsp3) is 0.538. The molecule has 4 heteroatoms. The third-order valence-electron chi connectivity index (χ3n) is 2.46. The molecular formula is C13H18O4. The minimum absolute atomic E-state index is 0.243. The molecule has 0 bridgehead atoms. The number of hydrogen-bond donors (Lipinski definition) is 1. The Labute approximate surface area is 101 Å². The van der Waals surface area contributed by atoms with E-state index in [1.165, 1.54) is 0 Å². The fourth-order valence-corrected chi connectivity index (χ4v) is 1.55. The van der Waals surface area contributed by atoms with Gasteiger partial charge in [0.25, 0.3) is 0 Å². The Morgan fingerprint density at radius 2 is 2.00 bits per heavy atom. The summed E-state index contributed by atoms with van der Waals surface area (Å²) < 4.78 is 16.0. The topological polar surface area (TPSA) is 47.9 Å². The van der Waals surface area contributed by atoms with Gasteiger partial charge >= 0.3 is 0 Å². The van der Waals surface area contributed by atoms with E-state index in [1.54, 1.807) is 12.1 Å². The second-order valence-corrected chi connectivity index (χ2v) is 5.05. The van der Waals surface area contributed by atoms with Crippen LogP contribution in [0.4, 0.5) is 0 Å². The maximum absolute atomic E-state index is 9.99. The van der Waals surface area contributed by atoms with Gasteiger partial charge in [0.05, 0.1) is 12.2 Å². The fourth-order valence-electron chi connectivity index (χ4n) is 1.55. The van der Waals surface area contributed by atoms with Gasteiger partial charge in [0.15, 0.2) is 11.5 Å². The number of ether oxygens (including phenoxy) is 3. The number of benzene rings is 1. The van der Waals surface area contributed by atoms with Crippen LogP contribution in [0.2, 0.25) is 0 Å². The Hall–Kier alpha value is -1.26. The van der Waals surface area contributed by atoms with Crippen molar-refractivity contribution in [3.8, 4) is 11.5 Å². The maximum atomic E-state index is 9.99. The maximum Gasteiger partial charge on any atom is 0.231 e. The van der Waals surface area contributed by atoms with Crippen molar-refractivity contribution in [3.05, 3.63) is 23.8 Å². The molecule has 1 aromatic carbocycles. The third-order valence-corrected chi connectivity index (χ3v) is 2.46. The van der Waals surface area contributed by atoms with E-state index in [-0.39, 0.29) is 19.0 Å². The molecule has 2 rings (SSSR count). The molecular weight excluding hydrogens is 220 g/mol. The van der Waals surface area contributed by atoms with E-state index in [1.807, 2.05) is 26.8 Å². The highest BCUT2D eigenvalue weighted by Crippen LogP contribution is 2.34. The van der Waals surface area contributed by atoms with E-state index in [2.05, 4.69) is 0 Å². The van der Waals surface area contributed by atoms with E-state index in [9.17, 15) is 5.11 Å². The summed E-state index contributed by atoms with van der Waals surface area (Å²) in [5.41, 5.74) is 0.524. The van der Waals surface area contributed by atoms with Crippen LogP contribution in [0, 0.1) is 0 Å². The van der Waals surface area contributed by atoms with Gasteiger partial charge in [0.1, 0.15) is 6.10 Å². The molecule has 0 aromatic heterocycles. The van der Waals surface area contributed by atoms with Crippen molar-refractivity contribution in [1.82, 2.24) is 0 Å². The minimum atomic E-state index is -0.649. The molecule has 0 spiro atoms. The van der Waals surface area contributed by atoms with Crippen LogP contribution < -0.4 is 9.47 Å². The number of hydrogen-bond acceptors (Lipinski definition) is 4. The third kappa shape index (κ3) is 3.11. The minimum Gasteiger partial charge on any atom is -0.454 e. The van der Waals surface area contributed by atoms with Gasteiger partial charge in [-0.2, -0.15) is 0 Å². The van der Waals surface area contributed by atoms with Crippen molar-refractivity contribution >= 4 is 0 Å². The van der Waals surface area contributed by atoms with Gasteiger partial charge in [-0.3, -0.25) is 0 Å². The second-order valence-electron chi connectivity index (χ2n) is 5.05. The summed E-state index contributed by atoms with van der Waals surface area (Å²) in [6, 6.07) is 5.42. The predicted octanol–water partition coefficient (Wildman–Crippen LogP) is 2.26. The van der Waals surface area contributed by atoms with Crippen molar-refractivity contribution in [3.63, 3.8) is 0 Å². The van der Waals surface area contributed by atoms with Crippen molar-refractivity contribution in [2.45, 2.75) is 32.5 Å². The van der Waals surface area contributed by atoms with E-state index in [0.29, 0.717) is 5.75 Å². The van der Waals surface area contributed by atoms with Crippen LogP contribution in [-0.2, 0) is 4.74 Å². The van der Waals surface area contributed by atoms with Crippen molar-refractivity contribution < 1.29 is 19.3 Å². The Morgan fingerprint density at radius 1 is 1.29 bits per heavy atom. The molecule has 94 valence electrons. The zero-order valence-electron chi connectivity index (χ0n) is 10.4. The van der Waals surface area contributed by atoms with Crippen LogP contribution in [0.3, 0.4) is 0 Å². The average molecular weight is 238 g/mol. The Balaban J connectivity index is 2.02. The largest absolute Gasteiger partial charge is 0.454 e. The highest BCUT2D eigenvalue weighted by molar-refractivity contribution is 5.45. The highest BCUT2D eigenvalue weighted by Gasteiger charge is 2.18. The number of rotatable bonds is 3. The monoisotopic (exact) mass is 238 g/mol. The molecule has 1 aliphatic heterocycles. The van der Waals surface area contributed by atoms with Crippen LogP contribution in [0.1, 0.15) is 32.4 Å². The van der Waals surface area contributed by atoms with E-state index in [4.69, 9.17) is 14.2 Å². The van der Waals surface area contributed by atoms with Crippen LogP contribution in [-0.4, -0.2) is 24.1 Å². The zero-order chi connectivity index (χ0) is 12.5. The summed E-state index contributed by atoms with van der Waals surface area (Å²) in [6.07, 6.45) is -0.649. The lowest BCUT2D eigenvalue weighted by Crippen LogP contribution is -2.22. The highest BCUT2D eigenvalue weighted by atomic mass is 16.7. The summed E-state index contributed by atoms with van der Waals surface area (Å²) in [7, 11) is 0. The van der Waals surface area contributed by atoms with Gasteiger partial charge in [0, 0.05) is 0 Å². The van der Waals surface area contributed by atoms with Gasteiger partial charge in [-0.15, -0.1) is 0 Å². The van der Waals surface area contributed by atoms with Gasteiger partial charge in [0.2, 0.25) is 6.79 Å². The first-order valence-electron chi connectivity index (χ1n) is 5.67. The quantitative estimate of drug-likeness (QED) is 0.877. The zero-order valence-corrected chi connectivity index (χ0v) is 10.4. The molecule has 1 heterocycles. The smallest absolute Gasteiger partial charge is 0.231 e. The molecule has 1 unspecified atom stereocenters. The van der Waals surface area contributed by atoms with Crippen molar-refractivity contribution in [2.24, 2.45) is 0 Å². The Morgan fingerprint density at radius 3 is 2.71 bits per heavy atom. The van der Waals surface area contributed by atoms with E-state index < -0.39 is 6.10 Å². The molecule has 0 saturated carbocycles. The first-order chi connectivity index (χ1) is 7.96. The van der Waals surface area contributed by atoms with Crippen LogP contribution >= 0.6 is 0 Å². The average Bonchev–Trinajstić information content (AvgIpc) is 2.71.